The van der Waals surface area contributed by atoms with E-state index in [1.165, 1.54) is 218 Å². The van der Waals surface area contributed by atoms with Crippen molar-refractivity contribution in [3.05, 3.63) is 0 Å². The molecule has 0 aliphatic carbocycles. The molecule has 19 heteroatoms. The van der Waals surface area contributed by atoms with Gasteiger partial charge in [0, 0.05) is 25.7 Å². The number of aliphatic hydroxyl groups is 1. The smallest absolute Gasteiger partial charge is 0.462 e. The van der Waals surface area contributed by atoms with Gasteiger partial charge < -0.3 is 33.8 Å². The molecule has 101 heavy (non-hydrogen) atoms. The van der Waals surface area contributed by atoms with Crippen molar-refractivity contribution >= 4 is 39.5 Å². The Morgan fingerprint density at radius 2 is 0.475 bits per heavy atom. The predicted molar refractivity (Wildman–Crippen MR) is 414 cm³/mol. The highest BCUT2D eigenvalue weighted by Gasteiger charge is 2.30. The molecule has 0 fully saturated rings. The van der Waals surface area contributed by atoms with Crippen LogP contribution in [0.2, 0.25) is 0 Å². The second kappa shape index (κ2) is 71.0. The number of hydrogen-bond acceptors (Lipinski definition) is 15. The highest BCUT2D eigenvalue weighted by molar-refractivity contribution is 7.47. The van der Waals surface area contributed by atoms with Crippen LogP contribution in [0.15, 0.2) is 0 Å². The minimum Gasteiger partial charge on any atom is -0.462 e. The molecule has 0 saturated carbocycles. The van der Waals surface area contributed by atoms with Crippen LogP contribution in [0.25, 0.3) is 0 Å². The molecule has 8 atom stereocenters. The van der Waals surface area contributed by atoms with E-state index in [0.29, 0.717) is 25.7 Å². The third-order valence-electron chi connectivity index (χ3n) is 20.2. The second-order valence-electron chi connectivity index (χ2n) is 30.7. The van der Waals surface area contributed by atoms with Crippen molar-refractivity contribution in [3.63, 3.8) is 0 Å². The van der Waals surface area contributed by atoms with Gasteiger partial charge in [0.05, 0.1) is 26.4 Å². The SMILES string of the molecule is CCC(C)CCCCCCCCCCCCCCCCCCCCC(=O)O[C@H](COC(=O)CCCCCCCCCCCCCCC(C)C)COP(=O)(O)OC[C@@H](O)COP(=O)(O)OC[C@@H](COC(=O)CCCCCCCCC(C)CC)OC(=O)CCCCCCCCCCCCC(C)CC. The summed E-state index contributed by atoms with van der Waals surface area (Å²) in [5.74, 6) is 1.07. The van der Waals surface area contributed by atoms with Gasteiger partial charge in [-0.3, -0.25) is 37.3 Å². The Kier molecular flexibility index (Phi) is 69.6. The zero-order valence-corrected chi connectivity index (χ0v) is 68.3. The number of carbonyl (C=O) groups excluding carboxylic acids is 4. The molecule has 0 aromatic heterocycles. The summed E-state index contributed by atoms with van der Waals surface area (Å²) in [5, 5.41) is 10.6. The van der Waals surface area contributed by atoms with Crippen LogP contribution in [0, 0.1) is 23.7 Å². The molecule has 0 saturated heterocycles. The molecule has 0 radical (unpaired) electrons. The van der Waals surface area contributed by atoms with Crippen LogP contribution < -0.4 is 0 Å². The molecule has 0 bridgehead atoms. The van der Waals surface area contributed by atoms with E-state index in [1.54, 1.807) is 0 Å². The van der Waals surface area contributed by atoms with Gasteiger partial charge in [0.15, 0.2) is 12.2 Å². The number of ether oxygens (including phenoxy) is 4. The van der Waals surface area contributed by atoms with Gasteiger partial charge in [0.1, 0.15) is 19.3 Å². The summed E-state index contributed by atoms with van der Waals surface area (Å²) in [6.45, 7) is 14.3. The van der Waals surface area contributed by atoms with E-state index >= 15 is 0 Å². The summed E-state index contributed by atoms with van der Waals surface area (Å²) >= 11 is 0. The Hall–Kier alpha value is -1.94. The van der Waals surface area contributed by atoms with Crippen molar-refractivity contribution in [2.75, 3.05) is 39.6 Å². The Morgan fingerprint density at radius 3 is 0.703 bits per heavy atom. The molecule has 0 aliphatic heterocycles. The Labute approximate surface area is 619 Å². The van der Waals surface area contributed by atoms with Crippen molar-refractivity contribution < 1.29 is 80.2 Å². The molecule has 0 aromatic rings. The number of aliphatic hydroxyl groups excluding tert-OH is 1. The Morgan fingerprint density at radius 1 is 0.277 bits per heavy atom. The number of rotatable bonds is 79. The Bertz CT molecular complexity index is 1980. The minimum atomic E-state index is -4.96. The fourth-order valence-electron chi connectivity index (χ4n) is 12.5. The lowest BCUT2D eigenvalue weighted by Crippen LogP contribution is -2.30. The van der Waals surface area contributed by atoms with Gasteiger partial charge >= 0.3 is 39.5 Å². The van der Waals surface area contributed by atoms with Crippen LogP contribution in [-0.4, -0.2) is 96.7 Å². The van der Waals surface area contributed by atoms with E-state index in [0.717, 1.165) is 120 Å². The van der Waals surface area contributed by atoms with Crippen LogP contribution in [0.3, 0.4) is 0 Å². The quantitative estimate of drug-likeness (QED) is 0.0222. The van der Waals surface area contributed by atoms with Gasteiger partial charge in [0.2, 0.25) is 0 Å². The van der Waals surface area contributed by atoms with Crippen molar-refractivity contribution in [2.45, 2.75) is 440 Å². The zero-order chi connectivity index (χ0) is 74.6. The lowest BCUT2D eigenvalue weighted by molar-refractivity contribution is -0.161. The predicted octanol–water partition coefficient (Wildman–Crippen LogP) is 24.4. The topological polar surface area (TPSA) is 237 Å². The lowest BCUT2D eigenvalue weighted by atomic mass is 9.99. The van der Waals surface area contributed by atoms with Crippen molar-refractivity contribution in [3.8, 4) is 0 Å². The average molecular weight is 1480 g/mol. The van der Waals surface area contributed by atoms with Crippen LogP contribution in [0.5, 0.6) is 0 Å². The zero-order valence-electron chi connectivity index (χ0n) is 66.5. The first-order valence-electron chi connectivity index (χ1n) is 42.3. The molecule has 0 aromatic carbocycles. The highest BCUT2D eigenvalue weighted by atomic mass is 31.2. The molecule has 0 rings (SSSR count). The molecule has 0 amide bonds. The highest BCUT2D eigenvalue weighted by Crippen LogP contribution is 2.45. The summed E-state index contributed by atoms with van der Waals surface area (Å²) in [7, 11) is -9.92. The summed E-state index contributed by atoms with van der Waals surface area (Å²) in [6, 6.07) is 0. The number of esters is 4. The molecular weight excluding hydrogens is 1320 g/mol. The summed E-state index contributed by atoms with van der Waals surface area (Å²) in [6.07, 6.45) is 58.2. The molecule has 17 nitrogen and oxygen atoms in total. The van der Waals surface area contributed by atoms with Crippen molar-refractivity contribution in [1.82, 2.24) is 0 Å². The maximum Gasteiger partial charge on any atom is 0.472 e. The van der Waals surface area contributed by atoms with E-state index in [4.69, 9.17) is 37.0 Å². The van der Waals surface area contributed by atoms with Gasteiger partial charge in [-0.25, -0.2) is 9.13 Å². The van der Waals surface area contributed by atoms with E-state index in [1.807, 2.05) is 0 Å². The van der Waals surface area contributed by atoms with Gasteiger partial charge in [-0.2, -0.15) is 0 Å². The van der Waals surface area contributed by atoms with E-state index < -0.39 is 97.5 Å². The number of carbonyl (C=O) groups is 4. The van der Waals surface area contributed by atoms with Gasteiger partial charge in [0.25, 0.3) is 0 Å². The van der Waals surface area contributed by atoms with Gasteiger partial charge in [-0.1, -0.05) is 370 Å². The largest absolute Gasteiger partial charge is 0.472 e. The second-order valence-corrected chi connectivity index (χ2v) is 33.6. The van der Waals surface area contributed by atoms with E-state index in [9.17, 15) is 43.2 Å². The van der Waals surface area contributed by atoms with Crippen LogP contribution in [0.1, 0.15) is 421 Å². The average Bonchev–Trinajstić information content (AvgIpc) is 0.926. The van der Waals surface area contributed by atoms with Gasteiger partial charge in [-0.15, -0.1) is 0 Å². The molecule has 5 unspecified atom stereocenters. The third kappa shape index (κ3) is 72.1. The lowest BCUT2D eigenvalue weighted by Gasteiger charge is -2.21. The fourth-order valence-corrected chi connectivity index (χ4v) is 14.1. The van der Waals surface area contributed by atoms with Crippen molar-refractivity contribution in [1.29, 1.82) is 0 Å². The first kappa shape index (κ1) is 99.1. The third-order valence-corrected chi connectivity index (χ3v) is 22.1. The number of unbranched alkanes of at least 4 members (excludes halogenated alkanes) is 42. The number of phosphoric ester groups is 2. The molecule has 3 N–H and O–H groups in total. The maximum atomic E-state index is 13.1. The first-order chi connectivity index (χ1) is 48.7. The molecule has 0 heterocycles. The minimum absolute atomic E-state index is 0.105. The van der Waals surface area contributed by atoms with Crippen molar-refractivity contribution in [2.24, 2.45) is 23.7 Å². The molecular formula is C82H160O17P2. The molecule has 0 aliphatic rings. The Balaban J connectivity index is 5.23. The number of phosphoric acid groups is 2. The first-order valence-corrected chi connectivity index (χ1v) is 45.3. The van der Waals surface area contributed by atoms with E-state index in [2.05, 4.69) is 55.4 Å². The normalized spacial score (nSPS) is 14.8. The molecule has 0 spiro atoms. The number of hydrogen-bond donors (Lipinski definition) is 3. The summed E-state index contributed by atoms with van der Waals surface area (Å²) in [5.41, 5.74) is 0. The van der Waals surface area contributed by atoms with E-state index in [-0.39, 0.29) is 25.7 Å². The summed E-state index contributed by atoms with van der Waals surface area (Å²) in [4.78, 5) is 73.0. The standard InChI is InChI=1S/C82H160O17P2/c1-9-73(6)59-51-43-35-29-23-18-16-14-12-13-15-17-19-25-32-38-48-56-64-81(86)98-77(68-92-79(84)62-54-46-37-31-24-21-20-22-28-34-42-50-58-72(4)5)70-96-100(88,89)94-66-76(83)67-95-101(90,91)97-71-78(69-93-80(85)63-55-47-41-40-45-53-61-75(8)11-3)99-82(87)65-57-49-39-33-27-26-30-36-44-52-60-74(7)10-2/h72-78,83H,9-71H2,1-8H3,(H,88,89)(H,90,91)/t73?,74?,75?,76-,77-,78-/m1/s1. The maximum absolute atomic E-state index is 13.1. The summed E-state index contributed by atoms with van der Waals surface area (Å²) < 4.78 is 68.7. The molecule has 600 valence electrons. The van der Waals surface area contributed by atoms with Crippen LogP contribution >= 0.6 is 15.6 Å². The van der Waals surface area contributed by atoms with Gasteiger partial charge in [-0.05, 0) is 49.4 Å². The fraction of sp³-hybridized carbons (Fsp3) is 0.951. The van der Waals surface area contributed by atoms with Crippen LogP contribution in [0.4, 0.5) is 0 Å². The van der Waals surface area contributed by atoms with Crippen LogP contribution in [-0.2, 0) is 65.4 Å². The monoisotopic (exact) mass is 1480 g/mol.